The van der Waals surface area contributed by atoms with E-state index in [4.69, 9.17) is 10.3 Å². The maximum Gasteiger partial charge on any atom is 0.326 e. The molecule has 0 heterocycles. The lowest BCUT2D eigenvalue weighted by molar-refractivity contribution is -0.124. The van der Waals surface area contributed by atoms with Crippen LogP contribution in [0.2, 0.25) is 0 Å². The number of Topliss-reactive ketones (excluding diaryl/α,β-unsaturated/α-hetero) is 1. The molecule has 0 radical (unpaired) electrons. The van der Waals surface area contributed by atoms with Gasteiger partial charge in [0.15, 0.2) is 11.9 Å². The molecule has 0 aromatic heterocycles. The van der Waals surface area contributed by atoms with E-state index < -0.39 is 12.0 Å². The van der Waals surface area contributed by atoms with Crippen molar-refractivity contribution in [2.45, 2.75) is 18.9 Å². The van der Waals surface area contributed by atoms with Crippen LogP contribution in [0.1, 0.15) is 23.2 Å². The number of ketones is 1. The van der Waals surface area contributed by atoms with Gasteiger partial charge in [-0.25, -0.2) is 0 Å². The van der Waals surface area contributed by atoms with Crippen molar-refractivity contribution in [1.82, 2.24) is 0 Å². The van der Waals surface area contributed by atoms with Gasteiger partial charge in [0.2, 0.25) is 0 Å². The maximum atomic E-state index is 11.8. The van der Waals surface area contributed by atoms with Gasteiger partial charge < -0.3 is 4.74 Å². The largest absolute Gasteiger partial charge is 0.480 e. The first-order valence-electron chi connectivity index (χ1n) is 6.34. The molecule has 1 aliphatic carbocycles. The number of carbonyl (C=O) groups excluding carboxylic acids is 2. The molecule has 1 unspecified atom stereocenters. The molecule has 1 amide bonds. The predicted molar refractivity (Wildman–Crippen MR) is 72.7 cm³/mol. The first kappa shape index (κ1) is 14.7. The zero-order chi connectivity index (χ0) is 15.2. The lowest BCUT2D eigenvalue weighted by Crippen LogP contribution is -2.28. The van der Waals surface area contributed by atoms with E-state index in [1.165, 1.54) is 12.1 Å². The molecule has 8 nitrogen and oxygen atoms in total. The summed E-state index contributed by atoms with van der Waals surface area (Å²) in [5, 5.41) is 5.46. The number of azide groups is 1. The summed E-state index contributed by atoms with van der Waals surface area (Å²) in [7, 11) is 0. The molecule has 1 aromatic carbocycles. The zero-order valence-corrected chi connectivity index (χ0v) is 11.0. The topological polar surface area (TPSA) is 122 Å². The monoisotopic (exact) mass is 288 g/mol. The van der Waals surface area contributed by atoms with E-state index in [1.807, 2.05) is 0 Å². The third-order valence-electron chi connectivity index (χ3n) is 3.04. The highest BCUT2D eigenvalue weighted by atomic mass is 16.5. The van der Waals surface area contributed by atoms with Crippen molar-refractivity contribution < 1.29 is 14.3 Å². The van der Waals surface area contributed by atoms with E-state index in [1.54, 1.807) is 12.1 Å². The van der Waals surface area contributed by atoms with E-state index in [-0.39, 0.29) is 24.0 Å². The smallest absolute Gasteiger partial charge is 0.326 e. The molecule has 21 heavy (non-hydrogen) atoms. The van der Waals surface area contributed by atoms with Gasteiger partial charge >= 0.3 is 5.91 Å². The molecule has 1 atom stereocenters. The first-order chi connectivity index (χ1) is 10.2. The van der Waals surface area contributed by atoms with Gasteiger partial charge in [0, 0.05) is 21.6 Å². The van der Waals surface area contributed by atoms with Crippen molar-refractivity contribution >= 4 is 11.7 Å². The molecule has 1 aromatic rings. The highest BCUT2D eigenvalue weighted by Crippen LogP contribution is 2.32. The zero-order valence-electron chi connectivity index (χ0n) is 11.0. The highest BCUT2D eigenvalue weighted by Gasteiger charge is 2.30. The summed E-state index contributed by atoms with van der Waals surface area (Å²) in [6.07, 6.45) is 0.582. The summed E-state index contributed by atoms with van der Waals surface area (Å²) < 4.78 is 5.26. The molecule has 1 saturated carbocycles. The quantitative estimate of drug-likeness (QED) is 0.251. The predicted octanol–water partition coefficient (Wildman–Crippen LogP) is 2.63. The lowest BCUT2D eigenvalue weighted by Gasteiger charge is -2.12. The average Bonchev–Trinajstić information content (AvgIpc) is 3.35. The van der Waals surface area contributed by atoms with Gasteiger partial charge in [-0.05, 0) is 42.6 Å². The standard InChI is InChI=1S/C13H12N4O4/c14-17-15-7-11(13(19)16-20)21-10-5-3-9(4-6-10)12(18)8-1-2-8/h3-6,8,11H,1-2,7H2. The Hall–Kier alpha value is -2.73. The second-order valence-corrected chi connectivity index (χ2v) is 4.61. The van der Waals surface area contributed by atoms with Crippen molar-refractivity contribution in [1.29, 1.82) is 0 Å². The Bertz CT molecular complexity index is 603. The van der Waals surface area contributed by atoms with Crippen LogP contribution in [0.5, 0.6) is 5.75 Å². The summed E-state index contributed by atoms with van der Waals surface area (Å²) in [6, 6.07) is 6.24. The van der Waals surface area contributed by atoms with Crippen LogP contribution in [0.4, 0.5) is 0 Å². The van der Waals surface area contributed by atoms with Crippen molar-refractivity contribution in [2.24, 2.45) is 16.2 Å². The van der Waals surface area contributed by atoms with Crippen LogP contribution in [0.15, 0.2) is 34.6 Å². The highest BCUT2D eigenvalue weighted by molar-refractivity contribution is 5.99. The normalized spacial score (nSPS) is 14.7. The number of carbonyl (C=O) groups is 2. The molecule has 1 aliphatic rings. The Balaban J connectivity index is 2.05. The third-order valence-corrected chi connectivity index (χ3v) is 3.04. The Labute approximate surface area is 119 Å². The fourth-order valence-corrected chi connectivity index (χ4v) is 1.78. The summed E-state index contributed by atoms with van der Waals surface area (Å²) in [5.41, 5.74) is 8.82. The average molecular weight is 288 g/mol. The summed E-state index contributed by atoms with van der Waals surface area (Å²) in [5.74, 6) is -0.550. The van der Waals surface area contributed by atoms with Crippen LogP contribution < -0.4 is 4.74 Å². The number of amides is 1. The number of hydrogen-bond donors (Lipinski definition) is 0. The van der Waals surface area contributed by atoms with Gasteiger partial charge in [0.05, 0.1) is 6.54 Å². The number of nitroso groups, excluding NO2 is 1. The number of benzene rings is 1. The van der Waals surface area contributed by atoms with Gasteiger partial charge in [-0.3, -0.25) is 9.59 Å². The minimum Gasteiger partial charge on any atom is -0.480 e. The molecule has 0 saturated heterocycles. The van der Waals surface area contributed by atoms with Crippen molar-refractivity contribution in [3.05, 3.63) is 45.2 Å². The van der Waals surface area contributed by atoms with Crippen LogP contribution in [0.25, 0.3) is 10.4 Å². The summed E-state index contributed by atoms with van der Waals surface area (Å²) >= 11 is 0. The van der Waals surface area contributed by atoms with E-state index >= 15 is 0 Å². The maximum absolute atomic E-state index is 11.8. The third kappa shape index (κ3) is 3.87. The number of hydrogen-bond acceptors (Lipinski definition) is 5. The van der Waals surface area contributed by atoms with E-state index in [2.05, 4.69) is 15.2 Å². The molecule has 8 heteroatoms. The van der Waals surface area contributed by atoms with Crippen molar-refractivity contribution in [3.63, 3.8) is 0 Å². The van der Waals surface area contributed by atoms with Crippen LogP contribution in [0, 0.1) is 10.8 Å². The number of rotatable bonds is 7. The SMILES string of the molecule is [N-]=[N+]=NCC(Oc1ccc(C(=O)C2CC2)cc1)C(=O)N=O. The molecule has 0 N–H and O–H groups in total. The van der Waals surface area contributed by atoms with Crippen LogP contribution in [0.3, 0.4) is 0 Å². The minimum atomic E-state index is -1.26. The fraction of sp³-hybridized carbons (Fsp3) is 0.385. The first-order valence-corrected chi connectivity index (χ1v) is 6.34. The molecule has 108 valence electrons. The van der Waals surface area contributed by atoms with Gasteiger partial charge in [0.1, 0.15) is 5.75 Å². The molecule has 0 spiro atoms. The van der Waals surface area contributed by atoms with Gasteiger partial charge in [-0.15, -0.1) is 4.91 Å². The van der Waals surface area contributed by atoms with Crippen LogP contribution >= 0.6 is 0 Å². The van der Waals surface area contributed by atoms with E-state index in [9.17, 15) is 14.5 Å². The van der Waals surface area contributed by atoms with Crippen LogP contribution in [-0.2, 0) is 4.79 Å². The Morgan fingerprint density at radius 1 is 1.33 bits per heavy atom. The van der Waals surface area contributed by atoms with Crippen molar-refractivity contribution in [2.75, 3.05) is 6.54 Å². The molecule has 0 bridgehead atoms. The molecular weight excluding hydrogens is 276 g/mol. The summed E-state index contributed by atoms with van der Waals surface area (Å²) in [6.45, 7) is -0.330. The lowest BCUT2D eigenvalue weighted by atomic mass is 10.1. The Morgan fingerprint density at radius 2 is 2.00 bits per heavy atom. The Kier molecular flexibility index (Phi) is 4.63. The molecule has 1 fully saturated rings. The number of ether oxygens (including phenoxy) is 1. The number of nitrogens with zero attached hydrogens (tertiary/aromatic N) is 4. The second kappa shape index (κ2) is 6.62. The fourth-order valence-electron chi connectivity index (χ4n) is 1.78. The van der Waals surface area contributed by atoms with Crippen molar-refractivity contribution in [3.8, 4) is 5.75 Å². The molecule has 2 rings (SSSR count). The molecule has 0 aliphatic heterocycles. The Morgan fingerprint density at radius 3 is 2.52 bits per heavy atom. The van der Waals surface area contributed by atoms with E-state index in [0.717, 1.165) is 12.8 Å². The van der Waals surface area contributed by atoms with Gasteiger partial charge in [-0.1, -0.05) is 5.11 Å². The second-order valence-electron chi connectivity index (χ2n) is 4.61. The summed E-state index contributed by atoms with van der Waals surface area (Å²) in [4.78, 5) is 35.9. The van der Waals surface area contributed by atoms with Gasteiger partial charge in [0.25, 0.3) is 0 Å². The van der Waals surface area contributed by atoms with E-state index in [0.29, 0.717) is 5.56 Å². The van der Waals surface area contributed by atoms with Gasteiger partial charge in [-0.2, -0.15) is 0 Å². The molecular formula is C13H12N4O4. The minimum absolute atomic E-state index is 0.0952. The van der Waals surface area contributed by atoms with Crippen LogP contribution in [-0.4, -0.2) is 24.3 Å².